The summed E-state index contributed by atoms with van der Waals surface area (Å²) in [4.78, 5) is 25.8. The van der Waals surface area contributed by atoms with Gasteiger partial charge in [-0.1, -0.05) is 42.5 Å². The van der Waals surface area contributed by atoms with Crippen LogP contribution < -0.4 is 14.8 Å². The van der Waals surface area contributed by atoms with Crippen molar-refractivity contribution >= 4 is 21.9 Å². The van der Waals surface area contributed by atoms with Crippen molar-refractivity contribution in [3.05, 3.63) is 77.9 Å². The molecule has 43 heavy (non-hydrogen) atoms. The number of hydrogen-bond donors (Lipinski definition) is 2. The van der Waals surface area contributed by atoms with Gasteiger partial charge in [0.05, 0.1) is 31.3 Å². The number of nitrogens with one attached hydrogen (secondary N) is 1. The lowest BCUT2D eigenvalue weighted by atomic mass is 9.96. The molecule has 0 spiro atoms. The Morgan fingerprint density at radius 3 is 2.19 bits per heavy atom. The summed E-state index contributed by atoms with van der Waals surface area (Å²) in [6.07, 6.45) is 0.762. The van der Waals surface area contributed by atoms with Gasteiger partial charge in [0.25, 0.3) is 0 Å². The van der Waals surface area contributed by atoms with Crippen molar-refractivity contribution in [2.45, 2.75) is 56.2 Å². The highest BCUT2D eigenvalue weighted by atomic mass is 32.2. The fourth-order valence-corrected chi connectivity index (χ4v) is 7.21. The van der Waals surface area contributed by atoms with E-state index in [0.717, 1.165) is 16.7 Å². The molecular formula is C32H38N2O8S. The Bertz CT molecular complexity index is 1520. The molecule has 2 N–H and O–H groups in total. The van der Waals surface area contributed by atoms with Crippen molar-refractivity contribution in [2.75, 3.05) is 27.4 Å². The van der Waals surface area contributed by atoms with E-state index < -0.39 is 33.5 Å². The number of methoxy groups -OCH3 is 2. The van der Waals surface area contributed by atoms with Crippen LogP contribution in [0, 0.1) is 0 Å². The lowest BCUT2D eigenvalue weighted by Gasteiger charge is -2.34. The van der Waals surface area contributed by atoms with E-state index in [0.29, 0.717) is 36.7 Å². The quantitative estimate of drug-likeness (QED) is 0.294. The van der Waals surface area contributed by atoms with Crippen LogP contribution >= 0.6 is 0 Å². The van der Waals surface area contributed by atoms with Gasteiger partial charge in [0, 0.05) is 19.6 Å². The van der Waals surface area contributed by atoms with Crippen LogP contribution in [-0.2, 0) is 37.4 Å². The Balaban J connectivity index is 1.53. The lowest BCUT2D eigenvalue weighted by molar-refractivity contribution is -0.143. The largest absolute Gasteiger partial charge is 0.496 e. The van der Waals surface area contributed by atoms with Crippen molar-refractivity contribution in [2.24, 2.45) is 0 Å². The second-order valence-corrected chi connectivity index (χ2v) is 12.4. The van der Waals surface area contributed by atoms with Gasteiger partial charge in [-0.3, -0.25) is 4.79 Å². The highest BCUT2D eigenvalue weighted by Crippen LogP contribution is 2.40. The average molecular weight is 611 g/mol. The summed E-state index contributed by atoms with van der Waals surface area (Å²) < 4.78 is 44.7. The molecule has 1 aliphatic heterocycles. The number of carboxylic acids is 1. The Morgan fingerprint density at radius 1 is 1.00 bits per heavy atom. The minimum Gasteiger partial charge on any atom is -0.496 e. The Labute approximate surface area is 252 Å². The molecule has 1 heterocycles. The molecule has 1 amide bonds. The molecule has 10 nitrogen and oxygen atoms in total. The minimum atomic E-state index is -3.96. The maximum atomic E-state index is 13.5. The number of rotatable bonds is 13. The smallest absolute Gasteiger partial charge is 0.326 e. The summed E-state index contributed by atoms with van der Waals surface area (Å²) in [6, 6.07) is 17.7. The zero-order chi connectivity index (χ0) is 31.2. The number of sulfonamides is 1. The van der Waals surface area contributed by atoms with Gasteiger partial charge in [0.1, 0.15) is 23.1 Å². The highest BCUT2D eigenvalue weighted by molar-refractivity contribution is 7.89. The number of hydrogen-bond acceptors (Lipinski definition) is 7. The van der Waals surface area contributed by atoms with E-state index in [2.05, 4.69) is 5.32 Å². The number of carboxylic acid groups (broad SMARTS) is 1. The molecular weight excluding hydrogens is 572 g/mol. The second kappa shape index (κ2) is 13.6. The summed E-state index contributed by atoms with van der Waals surface area (Å²) in [7, 11) is -0.804. The Hall–Kier alpha value is -3.93. The molecule has 3 aromatic carbocycles. The first-order valence-electron chi connectivity index (χ1n) is 14.1. The van der Waals surface area contributed by atoms with Crippen LogP contribution in [0.1, 0.15) is 37.8 Å². The molecule has 2 atom stereocenters. The number of amides is 1. The number of nitrogens with zero attached hydrogens (tertiary/aromatic N) is 1. The third-order valence-corrected chi connectivity index (χ3v) is 9.75. The highest BCUT2D eigenvalue weighted by Gasteiger charge is 2.50. The van der Waals surface area contributed by atoms with E-state index in [1.54, 1.807) is 51.5 Å². The Morgan fingerprint density at radius 2 is 1.63 bits per heavy atom. The molecule has 1 fully saturated rings. The van der Waals surface area contributed by atoms with E-state index >= 15 is 0 Å². The normalized spacial score (nSPS) is 17.8. The maximum absolute atomic E-state index is 13.5. The number of aliphatic carboxylic acids is 1. The molecule has 0 saturated carbocycles. The minimum absolute atomic E-state index is 0.00440. The third-order valence-electron chi connectivity index (χ3n) is 7.72. The fraction of sp³-hybridized carbons (Fsp3) is 0.375. The van der Waals surface area contributed by atoms with Crippen LogP contribution in [0.5, 0.6) is 11.5 Å². The van der Waals surface area contributed by atoms with Gasteiger partial charge in [0.15, 0.2) is 0 Å². The van der Waals surface area contributed by atoms with Crippen LogP contribution in [-0.4, -0.2) is 68.7 Å². The second-order valence-electron chi connectivity index (χ2n) is 10.5. The number of benzene rings is 3. The number of ether oxygens (including phenoxy) is 3. The van der Waals surface area contributed by atoms with Crippen molar-refractivity contribution in [1.29, 1.82) is 0 Å². The number of carbonyl (C=O) groups excluding carboxylic acids is 1. The summed E-state index contributed by atoms with van der Waals surface area (Å²) in [5.74, 6) is -0.644. The molecule has 1 saturated heterocycles. The zero-order valence-corrected chi connectivity index (χ0v) is 25.6. The van der Waals surface area contributed by atoms with Crippen molar-refractivity contribution in [1.82, 2.24) is 9.62 Å². The van der Waals surface area contributed by atoms with Gasteiger partial charge in [-0.05, 0) is 67.6 Å². The predicted octanol–water partition coefficient (Wildman–Crippen LogP) is 4.26. The molecule has 0 aliphatic carbocycles. The molecule has 230 valence electrons. The first-order chi connectivity index (χ1) is 20.5. The van der Waals surface area contributed by atoms with Gasteiger partial charge in [-0.25, -0.2) is 13.2 Å². The molecule has 1 unspecified atom stereocenters. The van der Waals surface area contributed by atoms with Crippen LogP contribution in [0.2, 0.25) is 0 Å². The fourth-order valence-electron chi connectivity index (χ4n) is 5.38. The van der Waals surface area contributed by atoms with E-state index in [1.165, 1.54) is 16.4 Å². The van der Waals surface area contributed by atoms with E-state index in [-0.39, 0.29) is 24.3 Å². The maximum Gasteiger partial charge on any atom is 0.326 e. The summed E-state index contributed by atoms with van der Waals surface area (Å²) in [6.45, 7) is 4.63. The van der Waals surface area contributed by atoms with Gasteiger partial charge in [-0.15, -0.1) is 0 Å². The van der Waals surface area contributed by atoms with Crippen LogP contribution in [0.3, 0.4) is 0 Å². The zero-order valence-electron chi connectivity index (χ0n) is 24.8. The molecule has 0 bridgehead atoms. The summed E-state index contributed by atoms with van der Waals surface area (Å²) in [5, 5.41) is 12.6. The predicted molar refractivity (Wildman–Crippen MR) is 162 cm³/mol. The van der Waals surface area contributed by atoms with E-state index in [9.17, 15) is 23.1 Å². The van der Waals surface area contributed by atoms with Crippen LogP contribution in [0.4, 0.5) is 0 Å². The van der Waals surface area contributed by atoms with Crippen LogP contribution in [0.25, 0.3) is 11.1 Å². The SMILES string of the molecule is CCOCc1cc(OC)c(-c2ccc(CC(NC(=O)[C@]3(C)CCCN3S(=O)(=O)c3ccccc3)C(=O)O)cc2)c(OC)c1. The van der Waals surface area contributed by atoms with Gasteiger partial charge < -0.3 is 24.6 Å². The summed E-state index contributed by atoms with van der Waals surface area (Å²) in [5.41, 5.74) is 1.70. The Kier molecular flexibility index (Phi) is 10.1. The van der Waals surface area contributed by atoms with E-state index in [4.69, 9.17) is 14.2 Å². The van der Waals surface area contributed by atoms with E-state index in [1.807, 2.05) is 31.2 Å². The van der Waals surface area contributed by atoms with Crippen molar-refractivity contribution in [3.63, 3.8) is 0 Å². The topological polar surface area (TPSA) is 131 Å². The van der Waals surface area contributed by atoms with Crippen LogP contribution in [0.15, 0.2) is 71.6 Å². The van der Waals surface area contributed by atoms with Gasteiger partial charge in [-0.2, -0.15) is 4.31 Å². The molecule has 0 aromatic heterocycles. The lowest BCUT2D eigenvalue weighted by Crippen LogP contribution is -2.58. The molecule has 3 aromatic rings. The first kappa shape index (κ1) is 32.0. The summed E-state index contributed by atoms with van der Waals surface area (Å²) >= 11 is 0. The number of carbonyl (C=O) groups is 2. The molecule has 4 rings (SSSR count). The average Bonchev–Trinajstić information content (AvgIpc) is 3.43. The molecule has 11 heteroatoms. The van der Waals surface area contributed by atoms with Gasteiger partial charge in [0.2, 0.25) is 15.9 Å². The van der Waals surface area contributed by atoms with Crippen molar-refractivity contribution in [3.8, 4) is 22.6 Å². The standard InChI is InChI=1S/C32H38N2O8S/c1-5-42-21-23-19-27(40-3)29(28(20-23)41-4)24-14-12-22(13-15-24)18-26(30(35)36)33-31(37)32(2)16-9-17-34(32)43(38,39)25-10-7-6-8-11-25/h6-8,10-15,19-20,26H,5,9,16-18,21H2,1-4H3,(H,33,37)(H,35,36)/t26?,32-/m0/s1. The monoisotopic (exact) mass is 610 g/mol. The van der Waals surface area contributed by atoms with Gasteiger partial charge >= 0.3 is 5.97 Å². The first-order valence-corrected chi connectivity index (χ1v) is 15.5. The van der Waals surface area contributed by atoms with Crippen molar-refractivity contribution < 1.29 is 37.3 Å². The third kappa shape index (κ3) is 6.84. The molecule has 1 aliphatic rings. The molecule has 0 radical (unpaired) electrons.